The number of amides is 1. The molecule has 0 atom stereocenters. The lowest BCUT2D eigenvalue weighted by Crippen LogP contribution is -2.24. The first kappa shape index (κ1) is 11.3. The molecular weight excluding hydrogens is 216 g/mol. The molecule has 1 aromatic rings. The van der Waals surface area contributed by atoms with Crippen LogP contribution in [0.5, 0.6) is 0 Å². The minimum atomic E-state index is -0.605. The van der Waals surface area contributed by atoms with Crippen LogP contribution in [0.4, 0.5) is 4.79 Å². The Balaban J connectivity index is 2.34. The van der Waals surface area contributed by atoms with Gasteiger partial charge in [-0.1, -0.05) is 23.7 Å². The van der Waals surface area contributed by atoms with E-state index in [1.807, 2.05) is 0 Å². The molecule has 0 heterocycles. The molecule has 0 aliphatic carbocycles. The van der Waals surface area contributed by atoms with Gasteiger partial charge in [-0.15, -0.1) is 0 Å². The highest BCUT2D eigenvalue weighted by molar-refractivity contribution is 6.30. The fraction of sp³-hybridized carbons (Fsp3) is 0.200. The van der Waals surface area contributed by atoms with Crippen LogP contribution in [-0.4, -0.2) is 12.6 Å². The third-order valence-electron chi connectivity index (χ3n) is 1.59. The van der Waals surface area contributed by atoms with Crippen LogP contribution in [0, 0.1) is 11.3 Å². The first-order chi connectivity index (χ1) is 7.22. The highest BCUT2D eigenvalue weighted by Crippen LogP contribution is 2.10. The summed E-state index contributed by atoms with van der Waals surface area (Å²) in [5, 5.41) is 11.1. The monoisotopic (exact) mass is 224 g/mol. The summed E-state index contributed by atoms with van der Waals surface area (Å²) in [6, 6.07) is 8.73. The average Bonchev–Trinajstić information content (AvgIpc) is 2.25. The zero-order valence-corrected chi connectivity index (χ0v) is 8.62. The molecule has 4 nitrogen and oxygen atoms in total. The molecule has 0 saturated carbocycles. The number of alkyl carbamates (subject to hydrolysis) is 1. The van der Waals surface area contributed by atoms with Crippen LogP contribution >= 0.6 is 11.6 Å². The van der Waals surface area contributed by atoms with E-state index >= 15 is 0 Å². The van der Waals surface area contributed by atoms with E-state index in [4.69, 9.17) is 21.6 Å². The van der Waals surface area contributed by atoms with E-state index in [2.05, 4.69) is 5.32 Å². The number of carbonyl (C=O) groups excluding carboxylic acids is 1. The van der Waals surface area contributed by atoms with Crippen molar-refractivity contribution < 1.29 is 9.53 Å². The molecule has 5 heteroatoms. The molecule has 0 radical (unpaired) electrons. The molecule has 0 aliphatic rings. The molecule has 0 spiro atoms. The minimum absolute atomic E-state index is 0.0561. The molecule has 1 amide bonds. The number of halogens is 1. The van der Waals surface area contributed by atoms with Crippen molar-refractivity contribution >= 4 is 17.7 Å². The normalized spacial score (nSPS) is 9.07. The largest absolute Gasteiger partial charge is 0.445 e. The van der Waals surface area contributed by atoms with Crippen LogP contribution in [0.1, 0.15) is 5.56 Å². The van der Waals surface area contributed by atoms with E-state index in [-0.39, 0.29) is 13.2 Å². The van der Waals surface area contributed by atoms with Crippen molar-refractivity contribution in [2.75, 3.05) is 6.54 Å². The van der Waals surface area contributed by atoms with Crippen LogP contribution in [-0.2, 0) is 11.3 Å². The number of hydrogen-bond acceptors (Lipinski definition) is 3. The summed E-state index contributed by atoms with van der Waals surface area (Å²) in [5.41, 5.74) is 0.839. The van der Waals surface area contributed by atoms with Crippen molar-refractivity contribution in [3.8, 4) is 6.07 Å². The van der Waals surface area contributed by atoms with Gasteiger partial charge in [-0.25, -0.2) is 4.79 Å². The van der Waals surface area contributed by atoms with Crippen molar-refractivity contribution in [1.29, 1.82) is 5.26 Å². The van der Waals surface area contributed by atoms with Gasteiger partial charge < -0.3 is 10.1 Å². The van der Waals surface area contributed by atoms with Crippen LogP contribution in [0.15, 0.2) is 24.3 Å². The molecule has 1 rings (SSSR count). The van der Waals surface area contributed by atoms with Crippen molar-refractivity contribution in [3.63, 3.8) is 0 Å². The quantitative estimate of drug-likeness (QED) is 0.800. The van der Waals surface area contributed by atoms with Gasteiger partial charge in [-0.05, 0) is 17.7 Å². The fourth-order valence-corrected chi connectivity index (χ4v) is 1.02. The number of ether oxygens (including phenoxy) is 1. The topological polar surface area (TPSA) is 62.1 Å². The van der Waals surface area contributed by atoms with Gasteiger partial charge in [-0.3, -0.25) is 0 Å². The Morgan fingerprint density at radius 2 is 2.13 bits per heavy atom. The number of nitriles is 1. The first-order valence-electron chi connectivity index (χ1n) is 4.24. The number of benzene rings is 1. The molecule has 1 aromatic carbocycles. The van der Waals surface area contributed by atoms with E-state index in [9.17, 15) is 4.79 Å². The molecule has 0 fully saturated rings. The predicted molar refractivity (Wildman–Crippen MR) is 55.3 cm³/mol. The third-order valence-corrected chi connectivity index (χ3v) is 1.85. The molecule has 0 unspecified atom stereocenters. The fourth-order valence-electron chi connectivity index (χ4n) is 0.892. The van der Waals surface area contributed by atoms with E-state index < -0.39 is 6.09 Å². The number of nitrogens with zero attached hydrogens (tertiary/aromatic N) is 1. The Morgan fingerprint density at radius 3 is 2.73 bits per heavy atom. The summed E-state index contributed by atoms with van der Waals surface area (Å²) in [4.78, 5) is 10.9. The lowest BCUT2D eigenvalue weighted by Gasteiger charge is -2.04. The Kier molecular flexibility index (Phi) is 4.45. The number of nitrogens with one attached hydrogen (secondary N) is 1. The predicted octanol–water partition coefficient (Wildman–Crippen LogP) is 2.09. The molecule has 0 saturated heterocycles. The van der Waals surface area contributed by atoms with Gasteiger partial charge in [-0.2, -0.15) is 5.26 Å². The molecule has 0 aromatic heterocycles. The van der Waals surface area contributed by atoms with Gasteiger partial charge in [0.2, 0.25) is 0 Å². The van der Waals surface area contributed by atoms with Crippen LogP contribution in [0.2, 0.25) is 5.02 Å². The van der Waals surface area contributed by atoms with Crippen molar-refractivity contribution in [3.05, 3.63) is 34.9 Å². The summed E-state index contributed by atoms with van der Waals surface area (Å²) < 4.78 is 4.83. The Bertz CT molecular complexity index is 370. The summed E-state index contributed by atoms with van der Waals surface area (Å²) in [7, 11) is 0. The molecule has 78 valence electrons. The maximum Gasteiger partial charge on any atom is 0.408 e. The summed E-state index contributed by atoms with van der Waals surface area (Å²) in [6.07, 6.45) is -0.605. The smallest absolute Gasteiger partial charge is 0.408 e. The SMILES string of the molecule is N#CCNC(=O)OCc1ccc(Cl)cc1. The maximum atomic E-state index is 10.9. The third kappa shape index (κ3) is 4.34. The first-order valence-corrected chi connectivity index (χ1v) is 4.62. The van der Waals surface area contributed by atoms with Crippen LogP contribution < -0.4 is 5.32 Å². The molecule has 1 N–H and O–H groups in total. The van der Waals surface area contributed by atoms with Crippen LogP contribution in [0.3, 0.4) is 0 Å². The zero-order chi connectivity index (χ0) is 11.1. The van der Waals surface area contributed by atoms with Gasteiger partial charge in [0, 0.05) is 5.02 Å². The van der Waals surface area contributed by atoms with Gasteiger partial charge in [0.25, 0.3) is 0 Å². The molecule has 0 bridgehead atoms. The van der Waals surface area contributed by atoms with Gasteiger partial charge in [0.1, 0.15) is 13.2 Å². The highest BCUT2D eigenvalue weighted by Gasteiger charge is 2.00. The Hall–Kier alpha value is -1.73. The number of rotatable bonds is 3. The Labute approximate surface area is 92.4 Å². The lowest BCUT2D eigenvalue weighted by atomic mass is 10.2. The standard InChI is InChI=1S/C10H9ClN2O2/c11-9-3-1-8(2-4-9)7-15-10(14)13-6-5-12/h1-4H,6-7H2,(H,13,14). The van der Waals surface area contributed by atoms with E-state index in [0.29, 0.717) is 5.02 Å². The van der Waals surface area contributed by atoms with E-state index in [1.165, 1.54) is 0 Å². The van der Waals surface area contributed by atoms with Gasteiger partial charge in [0.15, 0.2) is 0 Å². The summed E-state index contributed by atoms with van der Waals surface area (Å²) in [6.45, 7) is 0.105. The average molecular weight is 225 g/mol. The van der Waals surface area contributed by atoms with Gasteiger partial charge >= 0.3 is 6.09 Å². The summed E-state index contributed by atoms with van der Waals surface area (Å²) >= 11 is 5.69. The summed E-state index contributed by atoms with van der Waals surface area (Å²) in [5.74, 6) is 0. The molecule has 15 heavy (non-hydrogen) atoms. The number of carbonyl (C=O) groups is 1. The lowest BCUT2D eigenvalue weighted by molar-refractivity contribution is 0.141. The maximum absolute atomic E-state index is 10.9. The minimum Gasteiger partial charge on any atom is -0.445 e. The van der Waals surface area contributed by atoms with E-state index in [1.54, 1.807) is 30.3 Å². The van der Waals surface area contributed by atoms with Crippen molar-refractivity contribution in [2.24, 2.45) is 0 Å². The number of hydrogen-bond donors (Lipinski definition) is 1. The second kappa shape index (κ2) is 5.89. The van der Waals surface area contributed by atoms with E-state index in [0.717, 1.165) is 5.56 Å². The highest BCUT2D eigenvalue weighted by atomic mass is 35.5. The molecular formula is C10H9ClN2O2. The Morgan fingerprint density at radius 1 is 1.47 bits per heavy atom. The van der Waals surface area contributed by atoms with Crippen LogP contribution in [0.25, 0.3) is 0 Å². The van der Waals surface area contributed by atoms with Crippen molar-refractivity contribution in [2.45, 2.75) is 6.61 Å². The zero-order valence-electron chi connectivity index (χ0n) is 7.87. The van der Waals surface area contributed by atoms with Crippen molar-refractivity contribution in [1.82, 2.24) is 5.32 Å². The second-order valence-corrected chi connectivity index (χ2v) is 3.15. The van der Waals surface area contributed by atoms with Gasteiger partial charge in [0.05, 0.1) is 6.07 Å². The second-order valence-electron chi connectivity index (χ2n) is 2.71. The molecule has 0 aliphatic heterocycles.